The van der Waals surface area contributed by atoms with Gasteiger partial charge < -0.3 is 52.6 Å². The predicted octanol–water partition coefficient (Wildman–Crippen LogP) is 1.36. The highest BCUT2D eigenvalue weighted by Gasteiger charge is 2.36. The maximum atomic E-state index is 14.1. The summed E-state index contributed by atoms with van der Waals surface area (Å²) in [4.78, 5) is 97.8. The number of amides is 5. The zero-order valence-electron chi connectivity index (χ0n) is 35.5. The lowest BCUT2D eigenvalue weighted by atomic mass is 9.94. The Morgan fingerprint density at radius 2 is 1.60 bits per heavy atom. The van der Waals surface area contributed by atoms with Crippen LogP contribution in [0.3, 0.4) is 0 Å². The largest absolute Gasteiger partial charge is 0.480 e. The Kier molecular flexibility index (Phi) is 20.7. The summed E-state index contributed by atoms with van der Waals surface area (Å²) in [7, 11) is 2.89. The molecule has 18 nitrogen and oxygen atoms in total. The summed E-state index contributed by atoms with van der Waals surface area (Å²) < 4.78 is 5.80. The van der Waals surface area contributed by atoms with Crippen LogP contribution in [0.5, 0.6) is 0 Å². The smallest absolute Gasteiger partial charge is 0.327 e. The van der Waals surface area contributed by atoms with Crippen molar-refractivity contribution in [3.63, 3.8) is 0 Å². The van der Waals surface area contributed by atoms with Crippen LogP contribution in [-0.2, 0) is 44.7 Å². The van der Waals surface area contributed by atoms with Crippen molar-refractivity contribution in [1.29, 1.82) is 0 Å². The normalized spacial score (nSPS) is 24.9. The number of aliphatic imine (C=N–C) groups is 1. The molecule has 1 heterocycles. The van der Waals surface area contributed by atoms with E-state index in [1.165, 1.54) is 33.9 Å². The highest BCUT2D eigenvalue weighted by molar-refractivity contribution is 6.00. The van der Waals surface area contributed by atoms with Gasteiger partial charge in [-0.2, -0.15) is 0 Å². The second kappa shape index (κ2) is 24.8. The number of nitrogens with zero attached hydrogens (tertiary/aromatic N) is 2. The third-order valence-electron chi connectivity index (χ3n) is 10.3. The molecule has 8 atom stereocenters. The fourth-order valence-electron chi connectivity index (χ4n) is 6.55. The molecule has 0 bridgehead atoms. The average Bonchev–Trinajstić information content (AvgIpc) is 3.20. The van der Waals surface area contributed by atoms with Crippen molar-refractivity contribution in [3.05, 3.63) is 71.5 Å². The lowest BCUT2D eigenvalue weighted by Crippen LogP contribution is -2.56. The number of rotatable bonds is 14. The number of carbonyl (C=O) groups is 7. The Balaban J connectivity index is 2.63. The SMILES string of the molecule is CC=C1C(=O)N[C@@H](C(=O)O)[C@H](C)C(=O)N[C@@H](CCCCN=C(N)N)C(=O)N[C@@H](C=CC(C)=C[C@H](C)[C@H](Cc2ccccc2)OC)[C@H](C)C(=O)N[C@@H](C(=O)O)CCC(=O)N1C. The molecule has 0 spiro atoms. The van der Waals surface area contributed by atoms with Gasteiger partial charge in [-0.1, -0.05) is 81.0 Å². The van der Waals surface area contributed by atoms with Gasteiger partial charge in [-0.25, -0.2) is 9.59 Å². The van der Waals surface area contributed by atoms with Crippen LogP contribution in [0.1, 0.15) is 72.3 Å². The molecule has 0 saturated carbocycles. The second-order valence-electron chi connectivity index (χ2n) is 14.9. The van der Waals surface area contributed by atoms with Gasteiger partial charge in [0.25, 0.3) is 5.91 Å². The van der Waals surface area contributed by atoms with Gasteiger partial charge in [0, 0.05) is 33.0 Å². The number of hydrogen-bond donors (Lipinski definition) is 8. The molecule has 1 aromatic rings. The number of carbonyl (C=O) groups excluding carboxylic acids is 5. The summed E-state index contributed by atoms with van der Waals surface area (Å²) in [6.07, 6.45) is 7.02. The van der Waals surface area contributed by atoms with E-state index in [1.54, 1.807) is 19.3 Å². The van der Waals surface area contributed by atoms with E-state index in [0.29, 0.717) is 19.3 Å². The number of nitrogens with one attached hydrogen (secondary N) is 4. The molecule has 0 aromatic heterocycles. The second-order valence-corrected chi connectivity index (χ2v) is 14.9. The van der Waals surface area contributed by atoms with Crippen LogP contribution in [0.15, 0.2) is 70.9 Å². The van der Waals surface area contributed by atoms with E-state index in [4.69, 9.17) is 16.2 Å². The number of carboxylic acid groups (broad SMARTS) is 2. The molecule has 0 radical (unpaired) electrons. The first-order valence-electron chi connectivity index (χ1n) is 19.9. The predicted molar refractivity (Wildman–Crippen MR) is 225 cm³/mol. The number of aliphatic carboxylic acids is 2. The first kappa shape index (κ1) is 50.1. The number of hydrogen-bond acceptors (Lipinski definition) is 9. The van der Waals surface area contributed by atoms with Gasteiger partial charge in [0.1, 0.15) is 23.8 Å². The van der Waals surface area contributed by atoms with Crippen LogP contribution < -0.4 is 32.7 Å². The zero-order chi connectivity index (χ0) is 45.1. The first-order chi connectivity index (χ1) is 28.3. The maximum absolute atomic E-state index is 14.1. The molecule has 0 aliphatic carbocycles. The van der Waals surface area contributed by atoms with Gasteiger partial charge in [0.05, 0.1) is 24.0 Å². The van der Waals surface area contributed by atoms with Crippen molar-refractivity contribution in [1.82, 2.24) is 26.2 Å². The lowest BCUT2D eigenvalue weighted by Gasteiger charge is -2.28. The number of likely N-dealkylation sites (N-methyl/N-ethyl adjacent to an activating group) is 1. The highest BCUT2D eigenvalue weighted by Crippen LogP contribution is 2.19. The molecule has 330 valence electrons. The minimum absolute atomic E-state index is 0.0401. The van der Waals surface area contributed by atoms with Crippen LogP contribution in [0, 0.1) is 17.8 Å². The van der Waals surface area contributed by atoms with E-state index in [-0.39, 0.29) is 43.1 Å². The van der Waals surface area contributed by atoms with Crippen LogP contribution in [0.2, 0.25) is 0 Å². The monoisotopic (exact) mass is 838 g/mol. The number of ether oxygens (including phenoxy) is 1. The molecule has 60 heavy (non-hydrogen) atoms. The lowest BCUT2D eigenvalue weighted by molar-refractivity contribution is -0.146. The molecular formula is C42H62N8O10. The number of benzene rings is 1. The third-order valence-corrected chi connectivity index (χ3v) is 10.3. The maximum Gasteiger partial charge on any atom is 0.327 e. The van der Waals surface area contributed by atoms with Crippen molar-refractivity contribution >= 4 is 47.4 Å². The topological polar surface area (TPSA) is 285 Å². The minimum Gasteiger partial charge on any atom is -0.480 e. The fourth-order valence-corrected chi connectivity index (χ4v) is 6.55. The van der Waals surface area contributed by atoms with Gasteiger partial charge in [-0.3, -0.25) is 29.0 Å². The Morgan fingerprint density at radius 1 is 0.950 bits per heavy atom. The molecule has 5 amide bonds. The average molecular weight is 839 g/mol. The molecule has 1 aliphatic heterocycles. The van der Waals surface area contributed by atoms with Crippen molar-refractivity contribution in [2.75, 3.05) is 20.7 Å². The number of carboxylic acids is 2. The highest BCUT2D eigenvalue weighted by atomic mass is 16.5. The fraction of sp³-hybridized carbons (Fsp3) is 0.524. The van der Waals surface area contributed by atoms with E-state index >= 15 is 0 Å². The summed E-state index contributed by atoms with van der Waals surface area (Å²) in [6.45, 7) is 8.26. The van der Waals surface area contributed by atoms with Crippen LogP contribution in [0.25, 0.3) is 0 Å². The van der Waals surface area contributed by atoms with Gasteiger partial charge in [0.2, 0.25) is 23.6 Å². The number of unbranched alkanes of at least 4 members (excludes halogenated alkanes) is 1. The molecule has 1 fully saturated rings. The van der Waals surface area contributed by atoms with E-state index < -0.39 is 83.9 Å². The van der Waals surface area contributed by atoms with Gasteiger partial charge in [-0.05, 0) is 51.5 Å². The summed E-state index contributed by atoms with van der Waals surface area (Å²) >= 11 is 0. The molecule has 10 N–H and O–H groups in total. The van der Waals surface area contributed by atoms with Crippen molar-refractivity contribution in [2.45, 2.75) is 103 Å². The summed E-state index contributed by atoms with van der Waals surface area (Å²) in [5.41, 5.74) is 12.5. The number of methoxy groups -OCH3 is 1. The van der Waals surface area contributed by atoms with Crippen LogP contribution in [0.4, 0.5) is 0 Å². The Bertz CT molecular complexity index is 1790. The van der Waals surface area contributed by atoms with Gasteiger partial charge in [-0.15, -0.1) is 0 Å². The number of allylic oxidation sites excluding steroid dienone is 3. The first-order valence-corrected chi connectivity index (χ1v) is 19.9. The minimum atomic E-state index is -1.79. The van der Waals surface area contributed by atoms with Crippen molar-refractivity contribution in [3.8, 4) is 0 Å². The zero-order valence-corrected chi connectivity index (χ0v) is 35.5. The summed E-state index contributed by atoms with van der Waals surface area (Å²) in [5.74, 6) is -9.73. The summed E-state index contributed by atoms with van der Waals surface area (Å²) in [5, 5.41) is 30.3. The summed E-state index contributed by atoms with van der Waals surface area (Å²) in [6, 6.07) is 4.21. The number of guanidine groups is 1. The quantitative estimate of drug-likeness (QED) is 0.0434. The van der Waals surface area contributed by atoms with Gasteiger partial charge >= 0.3 is 11.9 Å². The van der Waals surface area contributed by atoms with E-state index in [0.717, 1.165) is 16.0 Å². The molecular weight excluding hydrogens is 777 g/mol. The molecule has 1 aliphatic rings. The molecule has 18 heteroatoms. The Hall–Kier alpha value is -6.04. The van der Waals surface area contributed by atoms with Crippen molar-refractivity contribution in [2.24, 2.45) is 34.2 Å². The van der Waals surface area contributed by atoms with E-state index in [1.807, 2.05) is 50.3 Å². The molecule has 0 unspecified atom stereocenters. The standard InChI is InChI=1S/C42H62N8O10/c1-8-32-39(55)49-35(41(58)59)27(5)37(53)47-30(16-12-13-21-45-42(43)44)38(54)46-29(26(4)36(52)48-31(40(56)57)19-20-34(51)50(32)6)18-17-24(2)22-25(3)33(60-7)23-28-14-10-9-11-15-28/h8-11,14-15,17-18,22,25-27,29-31,33,35H,12-13,16,19-21,23H2,1-7H3,(H,46,54)(H,47,53)(H,48,52)(H,49,55)(H,56,57)(H,58,59)(H4,43,44,45)/t25-,26-,27-,29-,30-,31+,33-,35+/m0/s1. The molecule has 1 saturated heterocycles. The van der Waals surface area contributed by atoms with Gasteiger partial charge in [0.15, 0.2) is 5.96 Å². The Morgan fingerprint density at radius 3 is 2.18 bits per heavy atom. The van der Waals surface area contributed by atoms with E-state index in [9.17, 15) is 43.8 Å². The van der Waals surface area contributed by atoms with Crippen LogP contribution in [-0.4, -0.2) is 114 Å². The molecule has 1 aromatic carbocycles. The third kappa shape index (κ3) is 16.0. The molecule has 2 rings (SSSR count). The Labute approximate surface area is 351 Å². The van der Waals surface area contributed by atoms with Crippen molar-refractivity contribution < 1.29 is 48.5 Å². The van der Waals surface area contributed by atoms with E-state index in [2.05, 4.69) is 26.3 Å². The number of nitrogens with two attached hydrogens (primary N) is 2. The van der Waals surface area contributed by atoms with Crippen LogP contribution >= 0.6 is 0 Å².